The number of benzene rings is 1. The van der Waals surface area contributed by atoms with Crippen molar-refractivity contribution in [2.45, 2.75) is 18.9 Å². The predicted octanol–water partition coefficient (Wildman–Crippen LogP) is 0.841. The molecule has 1 unspecified atom stereocenters. The van der Waals surface area contributed by atoms with Crippen molar-refractivity contribution in [1.82, 2.24) is 5.32 Å². The first-order valence-corrected chi connectivity index (χ1v) is 8.11. The monoisotopic (exact) mass is 323 g/mol. The quantitative estimate of drug-likeness (QED) is 0.721. The molecule has 1 heterocycles. The number of nitrogens with two attached hydrogens (primary N) is 1. The molecule has 7 heteroatoms. The number of ether oxygens (including phenoxy) is 1. The van der Waals surface area contributed by atoms with Gasteiger partial charge in [-0.3, -0.25) is 9.79 Å². The molecule has 4 N–H and O–H groups in total. The lowest BCUT2D eigenvalue weighted by Gasteiger charge is -2.30. The van der Waals surface area contributed by atoms with Gasteiger partial charge in [0.25, 0.3) is 5.91 Å². The number of nitrogens with one attached hydrogen (secondary N) is 1. The Hall–Kier alpha value is -1.73. The summed E-state index contributed by atoms with van der Waals surface area (Å²) in [6.07, 6.45) is 0.902. The number of amides is 1. The lowest BCUT2D eigenvalue weighted by atomic mass is 9.90. The Kier molecular flexibility index (Phi) is 5.68. The molecule has 0 aliphatic carbocycles. The highest BCUT2D eigenvalue weighted by Gasteiger charge is 2.29. The second kappa shape index (κ2) is 7.51. The molecule has 6 nitrogen and oxygen atoms in total. The molecule has 2 rings (SSSR count). The molecule has 0 spiro atoms. The third-order valence-corrected chi connectivity index (χ3v) is 4.25. The lowest BCUT2D eigenvalue weighted by Crippen LogP contribution is -2.31. The first kappa shape index (κ1) is 16.6. The highest BCUT2D eigenvalue weighted by atomic mass is 32.2. The Morgan fingerprint density at radius 3 is 3.14 bits per heavy atom. The fourth-order valence-corrected chi connectivity index (χ4v) is 3.19. The maximum Gasteiger partial charge on any atom is 0.258 e. The van der Waals surface area contributed by atoms with E-state index in [1.807, 2.05) is 25.1 Å². The average molecular weight is 323 g/mol. The summed E-state index contributed by atoms with van der Waals surface area (Å²) in [6, 6.07) is 7.57. The summed E-state index contributed by atoms with van der Waals surface area (Å²) in [6.45, 7) is 2.11. The van der Waals surface area contributed by atoms with E-state index in [4.69, 9.17) is 15.6 Å². The van der Waals surface area contributed by atoms with Crippen molar-refractivity contribution >= 4 is 22.8 Å². The Bertz CT molecular complexity index is 565. The van der Waals surface area contributed by atoms with E-state index in [0.29, 0.717) is 10.9 Å². The van der Waals surface area contributed by atoms with Crippen molar-refractivity contribution in [3.63, 3.8) is 0 Å². The molecule has 1 aliphatic rings. The van der Waals surface area contributed by atoms with Crippen LogP contribution < -0.4 is 15.8 Å². The molecule has 0 saturated heterocycles. The van der Waals surface area contributed by atoms with Crippen molar-refractivity contribution in [2.75, 3.05) is 25.5 Å². The van der Waals surface area contributed by atoms with Gasteiger partial charge in [-0.05, 0) is 31.0 Å². The largest absolute Gasteiger partial charge is 0.484 e. The van der Waals surface area contributed by atoms with Crippen LogP contribution in [0.3, 0.4) is 0 Å². The lowest BCUT2D eigenvalue weighted by molar-refractivity contribution is -0.123. The molecule has 1 atom stereocenters. The summed E-state index contributed by atoms with van der Waals surface area (Å²) in [5, 5.41) is 11.8. The van der Waals surface area contributed by atoms with E-state index >= 15 is 0 Å². The fourth-order valence-electron chi connectivity index (χ4n) is 2.21. The summed E-state index contributed by atoms with van der Waals surface area (Å²) in [7, 11) is 0. The van der Waals surface area contributed by atoms with E-state index in [-0.39, 0.29) is 31.2 Å². The number of carbonyl (C=O) groups excluding carboxylic acids is 1. The summed E-state index contributed by atoms with van der Waals surface area (Å²) < 4.78 is 5.49. The van der Waals surface area contributed by atoms with E-state index in [1.54, 1.807) is 17.8 Å². The number of aliphatic imine (C=N–C) groups is 1. The van der Waals surface area contributed by atoms with Crippen molar-refractivity contribution in [3.8, 4) is 5.75 Å². The molecule has 0 bridgehead atoms. The van der Waals surface area contributed by atoms with Gasteiger partial charge in [0, 0.05) is 12.3 Å². The molecule has 22 heavy (non-hydrogen) atoms. The molecule has 0 fully saturated rings. The van der Waals surface area contributed by atoms with Crippen LogP contribution in [0.4, 0.5) is 0 Å². The van der Waals surface area contributed by atoms with Gasteiger partial charge in [0.05, 0.1) is 12.1 Å². The van der Waals surface area contributed by atoms with Crippen molar-refractivity contribution in [2.24, 2.45) is 10.7 Å². The van der Waals surface area contributed by atoms with Gasteiger partial charge in [-0.25, -0.2) is 0 Å². The Labute approximate surface area is 134 Å². The van der Waals surface area contributed by atoms with Crippen LogP contribution in [0, 0.1) is 0 Å². The third kappa shape index (κ3) is 4.38. The van der Waals surface area contributed by atoms with E-state index in [9.17, 15) is 4.79 Å². The zero-order chi connectivity index (χ0) is 16.0. The zero-order valence-corrected chi connectivity index (χ0v) is 13.4. The van der Waals surface area contributed by atoms with Gasteiger partial charge in [-0.2, -0.15) is 0 Å². The zero-order valence-electron chi connectivity index (χ0n) is 12.5. The summed E-state index contributed by atoms with van der Waals surface area (Å²) in [5.74, 6) is 1.28. The van der Waals surface area contributed by atoms with Crippen LogP contribution >= 0.6 is 11.8 Å². The van der Waals surface area contributed by atoms with Crippen molar-refractivity contribution < 1.29 is 14.6 Å². The number of thioether (sulfide) groups is 1. The van der Waals surface area contributed by atoms with E-state index in [1.165, 1.54) is 0 Å². The second-order valence-corrected chi connectivity index (χ2v) is 6.33. The van der Waals surface area contributed by atoms with E-state index in [0.717, 1.165) is 17.7 Å². The minimum atomic E-state index is -0.353. The molecule has 0 saturated carbocycles. The van der Waals surface area contributed by atoms with Gasteiger partial charge in [0.15, 0.2) is 11.8 Å². The number of amidine groups is 1. The molecular formula is C15H21N3O3S. The standard InChI is InChI=1S/C15H21N3O3S/c1-15(5-8-22-14(16)18-15)11-3-2-4-12(9-11)21-10-13(20)17-6-7-19/h2-4,9,19H,5-8,10H2,1H3,(H2,16,18)(H,17,20). The minimum absolute atomic E-state index is 0.0819. The third-order valence-electron chi connectivity index (χ3n) is 3.46. The number of hydrogen-bond donors (Lipinski definition) is 3. The number of carbonyl (C=O) groups is 1. The van der Waals surface area contributed by atoms with Crippen LogP contribution in [0.15, 0.2) is 29.3 Å². The van der Waals surface area contributed by atoms with Gasteiger partial charge < -0.3 is 20.9 Å². The van der Waals surface area contributed by atoms with Gasteiger partial charge in [-0.1, -0.05) is 23.9 Å². The van der Waals surface area contributed by atoms with Crippen LogP contribution in [-0.2, 0) is 10.3 Å². The van der Waals surface area contributed by atoms with E-state index in [2.05, 4.69) is 10.3 Å². The Morgan fingerprint density at radius 1 is 1.59 bits per heavy atom. The molecule has 1 aliphatic heterocycles. The minimum Gasteiger partial charge on any atom is -0.484 e. The van der Waals surface area contributed by atoms with Crippen LogP contribution in [-0.4, -0.2) is 41.7 Å². The maximum absolute atomic E-state index is 11.5. The van der Waals surface area contributed by atoms with Gasteiger partial charge in [-0.15, -0.1) is 0 Å². The number of hydrogen-bond acceptors (Lipinski definition) is 6. The van der Waals surface area contributed by atoms with Crippen LogP contribution in [0.1, 0.15) is 18.9 Å². The molecule has 0 aromatic heterocycles. The molecule has 1 amide bonds. The number of rotatable bonds is 6. The highest BCUT2D eigenvalue weighted by Crippen LogP contribution is 2.36. The van der Waals surface area contributed by atoms with Gasteiger partial charge >= 0.3 is 0 Å². The Balaban J connectivity index is 2.04. The van der Waals surface area contributed by atoms with Crippen LogP contribution in [0.5, 0.6) is 5.75 Å². The van der Waals surface area contributed by atoms with E-state index < -0.39 is 0 Å². The summed E-state index contributed by atoms with van der Waals surface area (Å²) >= 11 is 1.56. The van der Waals surface area contributed by atoms with Gasteiger partial charge in [0.2, 0.25) is 0 Å². The summed E-state index contributed by atoms with van der Waals surface area (Å²) in [5.41, 5.74) is 6.50. The topological polar surface area (TPSA) is 96.9 Å². The summed E-state index contributed by atoms with van der Waals surface area (Å²) in [4.78, 5) is 16.0. The second-order valence-electron chi connectivity index (χ2n) is 5.21. The Morgan fingerprint density at radius 2 is 2.41 bits per heavy atom. The highest BCUT2D eigenvalue weighted by molar-refractivity contribution is 8.13. The van der Waals surface area contributed by atoms with Crippen LogP contribution in [0.2, 0.25) is 0 Å². The maximum atomic E-state index is 11.5. The molecule has 0 radical (unpaired) electrons. The molecular weight excluding hydrogens is 302 g/mol. The van der Waals surface area contributed by atoms with Crippen molar-refractivity contribution in [3.05, 3.63) is 29.8 Å². The smallest absolute Gasteiger partial charge is 0.258 e. The first-order valence-electron chi connectivity index (χ1n) is 7.12. The predicted molar refractivity (Wildman–Crippen MR) is 88.1 cm³/mol. The van der Waals surface area contributed by atoms with Gasteiger partial charge in [0.1, 0.15) is 5.75 Å². The molecule has 1 aromatic carbocycles. The number of aliphatic hydroxyl groups excluding tert-OH is 1. The first-order chi connectivity index (χ1) is 10.5. The number of nitrogens with zero attached hydrogens (tertiary/aromatic N) is 1. The molecule has 120 valence electrons. The van der Waals surface area contributed by atoms with Crippen molar-refractivity contribution in [1.29, 1.82) is 0 Å². The average Bonchev–Trinajstić information content (AvgIpc) is 2.51. The SMILES string of the molecule is CC1(c2cccc(OCC(=O)NCCO)c2)CCSC(N)=N1. The normalized spacial score (nSPS) is 21.1. The molecule has 1 aromatic rings. The number of aliphatic hydroxyl groups is 1. The van der Waals surface area contributed by atoms with Crippen LogP contribution in [0.25, 0.3) is 0 Å². The fraction of sp³-hybridized carbons (Fsp3) is 0.467.